The number of benzene rings is 2. The van der Waals surface area contributed by atoms with Crippen LogP contribution in [0.2, 0.25) is 0 Å². The third-order valence-electron chi connectivity index (χ3n) is 2.75. The number of nitrogen functional groups attached to an aromatic ring is 1. The first-order valence-electron chi connectivity index (χ1n) is 5.53. The molecule has 0 bridgehead atoms. The largest absolute Gasteiger partial charge is 0.399 e. The lowest BCUT2D eigenvalue weighted by Crippen LogP contribution is -2.02. The zero-order valence-electron chi connectivity index (χ0n) is 9.61. The Balaban J connectivity index is 2.15. The van der Waals surface area contributed by atoms with Crippen molar-refractivity contribution in [3.63, 3.8) is 0 Å². The van der Waals surface area contributed by atoms with Gasteiger partial charge in [-0.15, -0.1) is 0 Å². The van der Waals surface area contributed by atoms with Crippen molar-refractivity contribution >= 4 is 21.6 Å². The molecule has 0 saturated heterocycles. The van der Waals surface area contributed by atoms with Gasteiger partial charge in [-0.1, -0.05) is 34.1 Å². The zero-order chi connectivity index (χ0) is 13.1. The minimum absolute atomic E-state index is 0.299. The van der Waals surface area contributed by atoms with Crippen LogP contribution in [0.5, 0.6) is 0 Å². The first kappa shape index (κ1) is 13.1. The second-order valence-corrected chi connectivity index (χ2v) is 4.98. The molecule has 4 heteroatoms. The summed E-state index contributed by atoms with van der Waals surface area (Å²) in [6, 6.07) is 11.5. The summed E-state index contributed by atoms with van der Waals surface area (Å²) >= 11 is 3.29. The molecule has 0 saturated carbocycles. The predicted molar refractivity (Wildman–Crippen MR) is 73.6 cm³/mol. The minimum atomic E-state index is -0.632. The monoisotopic (exact) mass is 309 g/mol. The van der Waals surface area contributed by atoms with Crippen molar-refractivity contribution in [1.29, 1.82) is 0 Å². The summed E-state index contributed by atoms with van der Waals surface area (Å²) in [5, 5.41) is 10.1. The van der Waals surface area contributed by atoms with Crippen LogP contribution in [-0.2, 0) is 6.42 Å². The molecule has 0 spiro atoms. The first-order valence-corrected chi connectivity index (χ1v) is 6.33. The number of rotatable bonds is 3. The number of hydrogen-bond acceptors (Lipinski definition) is 2. The van der Waals surface area contributed by atoms with Crippen molar-refractivity contribution in [1.82, 2.24) is 0 Å². The highest BCUT2D eigenvalue weighted by Crippen LogP contribution is 2.25. The molecule has 0 radical (unpaired) electrons. The van der Waals surface area contributed by atoms with E-state index in [0.29, 0.717) is 16.6 Å². The topological polar surface area (TPSA) is 46.2 Å². The molecule has 2 nitrogen and oxygen atoms in total. The van der Waals surface area contributed by atoms with Crippen LogP contribution in [0, 0.1) is 5.82 Å². The molecule has 1 atom stereocenters. The van der Waals surface area contributed by atoms with Crippen LogP contribution in [0.3, 0.4) is 0 Å². The molecule has 0 aliphatic carbocycles. The SMILES string of the molecule is Nc1ccc(C(O)Cc2ccc(F)cc2Br)cc1. The van der Waals surface area contributed by atoms with Crippen LogP contribution in [0.1, 0.15) is 17.2 Å². The van der Waals surface area contributed by atoms with Gasteiger partial charge in [0, 0.05) is 16.6 Å². The Kier molecular flexibility index (Phi) is 3.99. The number of aliphatic hydroxyl groups is 1. The van der Waals surface area contributed by atoms with E-state index in [1.165, 1.54) is 12.1 Å². The Labute approximate surface area is 113 Å². The van der Waals surface area contributed by atoms with Crippen molar-refractivity contribution in [2.24, 2.45) is 0 Å². The van der Waals surface area contributed by atoms with Crippen LogP contribution in [-0.4, -0.2) is 5.11 Å². The van der Waals surface area contributed by atoms with E-state index in [2.05, 4.69) is 15.9 Å². The van der Waals surface area contributed by atoms with E-state index >= 15 is 0 Å². The van der Waals surface area contributed by atoms with E-state index in [0.717, 1.165) is 11.1 Å². The highest BCUT2D eigenvalue weighted by molar-refractivity contribution is 9.10. The fraction of sp³-hybridized carbons (Fsp3) is 0.143. The van der Waals surface area contributed by atoms with Crippen molar-refractivity contribution < 1.29 is 9.50 Å². The van der Waals surface area contributed by atoms with Crippen molar-refractivity contribution in [2.75, 3.05) is 5.73 Å². The minimum Gasteiger partial charge on any atom is -0.399 e. The van der Waals surface area contributed by atoms with Crippen molar-refractivity contribution in [2.45, 2.75) is 12.5 Å². The van der Waals surface area contributed by atoms with E-state index in [-0.39, 0.29) is 5.82 Å². The molecule has 94 valence electrons. The Morgan fingerprint density at radius 3 is 2.44 bits per heavy atom. The Hall–Kier alpha value is -1.39. The second-order valence-electron chi connectivity index (χ2n) is 4.12. The Morgan fingerprint density at radius 2 is 1.83 bits per heavy atom. The fourth-order valence-corrected chi connectivity index (χ4v) is 2.24. The molecule has 18 heavy (non-hydrogen) atoms. The molecular weight excluding hydrogens is 297 g/mol. The number of aliphatic hydroxyl groups excluding tert-OH is 1. The second kappa shape index (κ2) is 5.50. The summed E-state index contributed by atoms with van der Waals surface area (Å²) in [6.45, 7) is 0. The number of hydrogen-bond donors (Lipinski definition) is 2. The third kappa shape index (κ3) is 3.09. The van der Waals surface area contributed by atoms with Gasteiger partial charge >= 0.3 is 0 Å². The molecule has 1 unspecified atom stereocenters. The highest BCUT2D eigenvalue weighted by atomic mass is 79.9. The van der Waals surface area contributed by atoms with Gasteiger partial charge < -0.3 is 10.8 Å². The quantitative estimate of drug-likeness (QED) is 0.853. The number of halogens is 2. The van der Waals surface area contributed by atoms with Crippen LogP contribution in [0.4, 0.5) is 10.1 Å². The maximum atomic E-state index is 12.9. The summed E-state index contributed by atoms with van der Waals surface area (Å²) < 4.78 is 13.6. The highest BCUT2D eigenvalue weighted by Gasteiger charge is 2.11. The van der Waals surface area contributed by atoms with Crippen LogP contribution >= 0.6 is 15.9 Å². The van der Waals surface area contributed by atoms with Crippen molar-refractivity contribution in [3.05, 3.63) is 63.9 Å². The third-order valence-corrected chi connectivity index (χ3v) is 3.49. The van der Waals surface area contributed by atoms with Crippen LogP contribution in [0.15, 0.2) is 46.9 Å². The molecule has 3 N–H and O–H groups in total. The lowest BCUT2D eigenvalue weighted by molar-refractivity contribution is 0.178. The van der Waals surface area contributed by atoms with Crippen molar-refractivity contribution in [3.8, 4) is 0 Å². The van der Waals surface area contributed by atoms with Gasteiger partial charge in [0.15, 0.2) is 0 Å². The molecule has 0 fully saturated rings. The van der Waals surface area contributed by atoms with Gasteiger partial charge in [0.25, 0.3) is 0 Å². The maximum absolute atomic E-state index is 12.9. The van der Waals surface area contributed by atoms with E-state index in [9.17, 15) is 9.50 Å². The van der Waals surface area contributed by atoms with Gasteiger partial charge in [0.1, 0.15) is 5.82 Å². The van der Waals surface area contributed by atoms with E-state index < -0.39 is 6.10 Å². The van der Waals surface area contributed by atoms with Gasteiger partial charge in [-0.3, -0.25) is 0 Å². The number of nitrogens with two attached hydrogens (primary N) is 1. The van der Waals surface area contributed by atoms with E-state index in [1.54, 1.807) is 30.3 Å². The standard InChI is InChI=1S/C14H13BrFNO/c15-13-8-11(16)4-1-10(13)7-14(18)9-2-5-12(17)6-3-9/h1-6,8,14,18H,7,17H2. The molecule has 0 amide bonds. The molecule has 0 heterocycles. The summed E-state index contributed by atoms with van der Waals surface area (Å²) in [5.74, 6) is -0.299. The van der Waals surface area contributed by atoms with Gasteiger partial charge in [-0.25, -0.2) is 4.39 Å². The molecular formula is C14H13BrFNO. The summed E-state index contributed by atoms with van der Waals surface area (Å²) in [7, 11) is 0. The maximum Gasteiger partial charge on any atom is 0.124 e. The van der Waals surface area contributed by atoms with Gasteiger partial charge in [0.2, 0.25) is 0 Å². The van der Waals surface area contributed by atoms with Gasteiger partial charge in [-0.2, -0.15) is 0 Å². The average molecular weight is 310 g/mol. The summed E-state index contributed by atoms with van der Waals surface area (Å²) in [5.41, 5.74) is 7.90. The summed E-state index contributed by atoms with van der Waals surface area (Å²) in [4.78, 5) is 0. The zero-order valence-corrected chi connectivity index (χ0v) is 11.2. The fourth-order valence-electron chi connectivity index (χ4n) is 1.73. The van der Waals surface area contributed by atoms with Gasteiger partial charge in [-0.05, 0) is 35.4 Å². The molecule has 2 rings (SSSR count). The predicted octanol–water partition coefficient (Wildman–Crippen LogP) is 3.45. The van der Waals surface area contributed by atoms with Crippen LogP contribution in [0.25, 0.3) is 0 Å². The average Bonchev–Trinajstić information content (AvgIpc) is 2.33. The smallest absolute Gasteiger partial charge is 0.124 e. The first-order chi connectivity index (χ1) is 8.56. The lowest BCUT2D eigenvalue weighted by Gasteiger charge is -2.12. The molecule has 0 aliphatic heterocycles. The Bertz CT molecular complexity index is 542. The molecule has 0 aliphatic rings. The van der Waals surface area contributed by atoms with Crippen LogP contribution < -0.4 is 5.73 Å². The summed E-state index contributed by atoms with van der Waals surface area (Å²) in [6.07, 6.45) is -0.211. The lowest BCUT2D eigenvalue weighted by atomic mass is 10.0. The Morgan fingerprint density at radius 1 is 1.17 bits per heavy atom. The molecule has 0 aromatic heterocycles. The van der Waals surface area contributed by atoms with E-state index in [4.69, 9.17) is 5.73 Å². The van der Waals surface area contributed by atoms with Gasteiger partial charge in [0.05, 0.1) is 6.10 Å². The number of anilines is 1. The molecule has 2 aromatic rings. The molecule has 2 aromatic carbocycles. The van der Waals surface area contributed by atoms with E-state index in [1.807, 2.05) is 0 Å². The normalized spacial score (nSPS) is 12.4.